The summed E-state index contributed by atoms with van der Waals surface area (Å²) in [5, 5.41) is 0. The number of nitrogens with one attached hydrogen (secondary N) is 1. The van der Waals surface area contributed by atoms with Gasteiger partial charge in [-0.1, -0.05) is 13.0 Å². The zero-order valence-electron chi connectivity index (χ0n) is 5.82. The summed E-state index contributed by atoms with van der Waals surface area (Å²) in [6, 6.07) is 0. The van der Waals surface area contributed by atoms with Gasteiger partial charge in [-0.25, -0.2) is 0 Å². The molecule has 0 atom stereocenters. The molecule has 0 aromatic carbocycles. The molecule has 0 spiro atoms. The van der Waals surface area contributed by atoms with Gasteiger partial charge in [-0.3, -0.25) is 4.79 Å². The van der Waals surface area contributed by atoms with Crippen LogP contribution in [-0.4, -0.2) is 12.5 Å². The first-order chi connectivity index (χ1) is 4.31. The summed E-state index contributed by atoms with van der Waals surface area (Å²) in [6.07, 6.45) is 2.01. The quantitative estimate of drug-likeness (QED) is 0.337. The third-order valence-electron chi connectivity index (χ3n) is 0.702. The molecule has 0 unspecified atom stereocenters. The molecule has 0 amide bonds. The average molecular weight is 237 g/mol. The molecule has 0 aliphatic heterocycles. The molecule has 63 valence electrons. The third-order valence-corrected chi connectivity index (χ3v) is 0.702. The normalized spacial score (nSPS) is 7.70. The van der Waals surface area contributed by atoms with E-state index in [4.69, 9.17) is 0 Å². The number of carbonyl (C=O) groups excluding carboxylic acids is 1. The molecule has 0 bridgehead atoms. The summed E-state index contributed by atoms with van der Waals surface area (Å²) in [4.78, 5) is 14.8. The van der Waals surface area contributed by atoms with Gasteiger partial charge in [0.15, 0.2) is 0 Å². The fourth-order valence-corrected chi connectivity index (χ4v) is 0.253. The van der Waals surface area contributed by atoms with Gasteiger partial charge in [0.1, 0.15) is 0 Å². The Balaban J connectivity index is 0. The van der Waals surface area contributed by atoms with E-state index in [1.807, 2.05) is 0 Å². The predicted octanol–water partition coefficient (Wildman–Crippen LogP) is 0.628. The summed E-state index contributed by atoms with van der Waals surface area (Å²) >= 11 is 0. The van der Waals surface area contributed by atoms with Crippen LogP contribution < -0.4 is 5.48 Å². The number of hydroxylamine groups is 1. The minimum absolute atomic E-state index is 0. The zero-order valence-corrected chi connectivity index (χ0v) is 7.30. The summed E-state index contributed by atoms with van der Waals surface area (Å²) < 4.78 is 0. The monoisotopic (exact) mass is 236 g/mol. The summed E-state index contributed by atoms with van der Waals surface area (Å²) in [6.45, 7) is 5.66. The predicted molar refractivity (Wildman–Crippen MR) is 34.6 cm³/mol. The maximum Gasteiger partial charge on any atom is 0.324 e. The number of rotatable bonds is 4. The van der Waals surface area contributed by atoms with E-state index in [-0.39, 0.29) is 28.3 Å². The van der Waals surface area contributed by atoms with Gasteiger partial charge in [-0.15, -0.1) is 12.1 Å². The number of carbonyl (C=O) groups is 1. The molecule has 1 radical (unpaired) electrons. The topological polar surface area (TPSA) is 38.3 Å². The van der Waals surface area contributed by atoms with Crippen LogP contribution in [0.4, 0.5) is 0 Å². The summed E-state index contributed by atoms with van der Waals surface area (Å²) in [7, 11) is 0. The van der Waals surface area contributed by atoms with Gasteiger partial charge < -0.3 is 4.84 Å². The van der Waals surface area contributed by atoms with E-state index in [0.717, 1.165) is 0 Å². The van der Waals surface area contributed by atoms with Crippen LogP contribution in [0.25, 0.3) is 0 Å². The molecule has 3 nitrogen and oxygen atoms in total. The molecule has 0 aliphatic rings. The van der Waals surface area contributed by atoms with Crippen molar-refractivity contribution >= 4 is 5.97 Å². The van der Waals surface area contributed by atoms with Crippen molar-refractivity contribution in [3.8, 4) is 0 Å². The standard InChI is InChI=1S/C6H11NO2.Ag/c1-3-5-7-9-6(8)4-2;/h3,7H,1,4-5H2,2H3;. The van der Waals surface area contributed by atoms with E-state index in [1.165, 1.54) is 0 Å². The smallest absolute Gasteiger partial charge is 0.324 e. The third kappa shape index (κ3) is 7.91. The van der Waals surface area contributed by atoms with Gasteiger partial charge in [0.2, 0.25) is 0 Å². The fraction of sp³-hybridized carbons (Fsp3) is 0.500. The molecule has 0 aliphatic carbocycles. The molecule has 0 heterocycles. The maximum atomic E-state index is 10.4. The molecule has 0 aromatic heterocycles. The summed E-state index contributed by atoms with van der Waals surface area (Å²) in [5.41, 5.74) is 2.42. The second kappa shape index (κ2) is 8.91. The van der Waals surface area contributed by atoms with Crippen LogP contribution in [0.5, 0.6) is 0 Å². The molecule has 4 heteroatoms. The van der Waals surface area contributed by atoms with E-state index in [0.29, 0.717) is 13.0 Å². The SMILES string of the molecule is C=CCNOC(=O)CC.[Ag]. The maximum absolute atomic E-state index is 10.4. The average Bonchev–Trinajstić information content (AvgIpc) is 1.89. The molecule has 10 heavy (non-hydrogen) atoms. The number of hydrogen-bond acceptors (Lipinski definition) is 3. The molecule has 0 fully saturated rings. The molecule has 0 rings (SSSR count). The molecule has 0 saturated carbocycles. The van der Waals surface area contributed by atoms with Gasteiger partial charge >= 0.3 is 5.97 Å². The van der Waals surface area contributed by atoms with E-state index in [2.05, 4.69) is 16.9 Å². The molecule has 0 saturated heterocycles. The van der Waals surface area contributed by atoms with Crippen LogP contribution in [0.1, 0.15) is 13.3 Å². The van der Waals surface area contributed by atoms with E-state index >= 15 is 0 Å². The van der Waals surface area contributed by atoms with Crippen molar-refractivity contribution in [1.29, 1.82) is 0 Å². The number of hydrogen-bond donors (Lipinski definition) is 1. The zero-order chi connectivity index (χ0) is 7.11. The fourth-order valence-electron chi connectivity index (χ4n) is 0.253. The first-order valence-corrected chi connectivity index (χ1v) is 2.84. The largest absolute Gasteiger partial charge is 0.370 e. The Morgan fingerprint density at radius 3 is 2.80 bits per heavy atom. The summed E-state index contributed by atoms with van der Waals surface area (Å²) in [5.74, 6) is -0.253. The van der Waals surface area contributed by atoms with Crippen molar-refractivity contribution in [3.63, 3.8) is 0 Å². The Morgan fingerprint density at radius 1 is 1.80 bits per heavy atom. The van der Waals surface area contributed by atoms with E-state index < -0.39 is 0 Å². The second-order valence-electron chi connectivity index (χ2n) is 1.46. The van der Waals surface area contributed by atoms with Crippen molar-refractivity contribution in [3.05, 3.63) is 12.7 Å². The molecular weight excluding hydrogens is 226 g/mol. The first-order valence-electron chi connectivity index (χ1n) is 2.84. The van der Waals surface area contributed by atoms with Crippen LogP contribution in [0.15, 0.2) is 12.7 Å². The van der Waals surface area contributed by atoms with Crippen molar-refractivity contribution in [1.82, 2.24) is 5.48 Å². The van der Waals surface area contributed by atoms with Crippen LogP contribution in [0, 0.1) is 0 Å². The van der Waals surface area contributed by atoms with Crippen LogP contribution in [0.3, 0.4) is 0 Å². The minimum atomic E-state index is -0.253. The Kier molecular flexibility index (Phi) is 11.2. The molecule has 1 N–H and O–H groups in total. The van der Waals surface area contributed by atoms with Crippen LogP contribution in [0.2, 0.25) is 0 Å². The minimum Gasteiger partial charge on any atom is -0.370 e. The van der Waals surface area contributed by atoms with Crippen molar-refractivity contribution in [2.24, 2.45) is 0 Å². The van der Waals surface area contributed by atoms with Crippen LogP contribution in [-0.2, 0) is 32.0 Å². The van der Waals surface area contributed by atoms with Crippen LogP contribution >= 0.6 is 0 Å². The van der Waals surface area contributed by atoms with Crippen molar-refractivity contribution in [2.45, 2.75) is 13.3 Å². The van der Waals surface area contributed by atoms with Crippen molar-refractivity contribution in [2.75, 3.05) is 6.54 Å². The van der Waals surface area contributed by atoms with Gasteiger partial charge in [-0.05, 0) is 0 Å². The van der Waals surface area contributed by atoms with Crippen molar-refractivity contribution < 1.29 is 32.0 Å². The van der Waals surface area contributed by atoms with Gasteiger partial charge in [0.25, 0.3) is 0 Å². The Labute approximate surface area is 76.3 Å². The van der Waals surface area contributed by atoms with Gasteiger partial charge in [0.05, 0.1) is 0 Å². The molecule has 0 aromatic rings. The van der Waals surface area contributed by atoms with E-state index in [1.54, 1.807) is 13.0 Å². The second-order valence-corrected chi connectivity index (χ2v) is 1.46. The first kappa shape index (κ1) is 12.6. The Hall–Kier alpha value is -0.0897. The van der Waals surface area contributed by atoms with Gasteiger partial charge in [0, 0.05) is 35.3 Å². The Bertz CT molecular complexity index is 106. The Morgan fingerprint density at radius 2 is 2.40 bits per heavy atom. The molecular formula is C6H11AgNO2. The van der Waals surface area contributed by atoms with Gasteiger partial charge in [-0.2, -0.15) is 0 Å². The van der Waals surface area contributed by atoms with E-state index in [9.17, 15) is 4.79 Å².